The molecule has 0 spiro atoms. The van der Waals surface area contributed by atoms with Crippen LogP contribution in [0, 0.1) is 5.95 Å². The topological polar surface area (TPSA) is 50.7 Å². The molecule has 1 N–H and O–H groups in total. The largest absolute Gasteiger partial charge is 0.387 e. The van der Waals surface area contributed by atoms with Gasteiger partial charge in [-0.15, -0.1) is 11.3 Å². The van der Waals surface area contributed by atoms with Gasteiger partial charge in [0.15, 0.2) is 0 Å². The lowest BCUT2D eigenvalue weighted by Crippen LogP contribution is -1.89. The Kier molecular flexibility index (Phi) is 2.64. The van der Waals surface area contributed by atoms with Gasteiger partial charge >= 0.3 is 0 Å². The average molecular weight is 260 g/mol. The quantitative estimate of drug-likeness (QED) is 0.720. The van der Waals surface area contributed by atoms with Crippen LogP contribution in [0.25, 0.3) is 20.9 Å². The number of anilines is 1. The van der Waals surface area contributed by atoms with E-state index in [1.54, 1.807) is 6.20 Å². The third kappa shape index (κ3) is 1.91. The van der Waals surface area contributed by atoms with Gasteiger partial charge in [0, 0.05) is 13.1 Å². The van der Waals surface area contributed by atoms with Crippen molar-refractivity contribution in [3.63, 3.8) is 0 Å². The maximum absolute atomic E-state index is 13.0. The van der Waals surface area contributed by atoms with E-state index >= 15 is 0 Å². The smallest absolute Gasteiger partial charge is 0.214 e. The van der Waals surface area contributed by atoms with Crippen LogP contribution in [0.15, 0.2) is 30.6 Å². The molecule has 4 nitrogen and oxygen atoms in total. The number of hydrogen-bond acceptors (Lipinski definition) is 5. The molecule has 6 heteroatoms. The monoisotopic (exact) mass is 260 g/mol. The lowest BCUT2D eigenvalue weighted by atomic mass is 10.3. The van der Waals surface area contributed by atoms with E-state index in [-0.39, 0.29) is 0 Å². The standard InChI is InChI=1S/C12H9FN4S/c1-14-7-2-3-8(15-5-7)12-17-9-6-16-11(13)4-10(9)18-12/h2-6,14H,1H3. The Balaban J connectivity index is 2.07. The van der Waals surface area contributed by atoms with Crippen molar-refractivity contribution in [2.75, 3.05) is 12.4 Å². The van der Waals surface area contributed by atoms with E-state index in [1.165, 1.54) is 23.6 Å². The molecule has 0 amide bonds. The minimum absolute atomic E-state index is 0.490. The molecule has 3 rings (SSSR count). The van der Waals surface area contributed by atoms with Crippen LogP contribution in [0.1, 0.15) is 0 Å². The van der Waals surface area contributed by atoms with Crippen molar-refractivity contribution in [1.82, 2.24) is 15.0 Å². The summed E-state index contributed by atoms with van der Waals surface area (Å²) in [7, 11) is 1.84. The third-order valence-corrected chi connectivity index (χ3v) is 3.55. The van der Waals surface area contributed by atoms with Crippen LogP contribution in [0.5, 0.6) is 0 Å². The van der Waals surface area contributed by atoms with Crippen molar-refractivity contribution in [2.45, 2.75) is 0 Å². The molecule has 3 aromatic rings. The van der Waals surface area contributed by atoms with E-state index in [0.717, 1.165) is 21.1 Å². The van der Waals surface area contributed by atoms with Crippen LogP contribution in [0.4, 0.5) is 10.1 Å². The molecule has 0 aliphatic rings. The Labute approximate surface area is 107 Å². The number of aromatic nitrogens is 3. The summed E-state index contributed by atoms with van der Waals surface area (Å²) in [6, 6.07) is 5.19. The summed E-state index contributed by atoms with van der Waals surface area (Å²) in [6.07, 6.45) is 3.17. The van der Waals surface area contributed by atoms with Crippen LogP contribution in [0.3, 0.4) is 0 Å². The second kappa shape index (κ2) is 4.30. The molecule has 0 fully saturated rings. The number of halogens is 1. The van der Waals surface area contributed by atoms with Gasteiger partial charge in [0.25, 0.3) is 0 Å². The molecular weight excluding hydrogens is 251 g/mol. The van der Waals surface area contributed by atoms with Crippen molar-refractivity contribution in [2.24, 2.45) is 0 Å². The highest BCUT2D eigenvalue weighted by Crippen LogP contribution is 2.29. The Morgan fingerprint density at radius 2 is 2.11 bits per heavy atom. The fourth-order valence-corrected chi connectivity index (χ4v) is 2.52. The van der Waals surface area contributed by atoms with Gasteiger partial charge in [-0.3, -0.25) is 4.98 Å². The van der Waals surface area contributed by atoms with Gasteiger partial charge in [-0.1, -0.05) is 0 Å². The number of rotatable bonds is 2. The van der Waals surface area contributed by atoms with Gasteiger partial charge in [0.05, 0.1) is 28.5 Å². The molecule has 3 heterocycles. The fourth-order valence-electron chi connectivity index (χ4n) is 1.59. The maximum Gasteiger partial charge on any atom is 0.214 e. The van der Waals surface area contributed by atoms with Gasteiger partial charge in [-0.05, 0) is 12.1 Å². The molecule has 90 valence electrons. The molecule has 18 heavy (non-hydrogen) atoms. The lowest BCUT2D eigenvalue weighted by molar-refractivity contribution is 0.586. The summed E-state index contributed by atoms with van der Waals surface area (Å²) < 4.78 is 13.8. The zero-order chi connectivity index (χ0) is 12.5. The van der Waals surface area contributed by atoms with Crippen molar-refractivity contribution < 1.29 is 4.39 Å². The Bertz CT molecular complexity index is 693. The minimum atomic E-state index is -0.490. The van der Waals surface area contributed by atoms with Crippen LogP contribution >= 0.6 is 11.3 Å². The van der Waals surface area contributed by atoms with Crippen molar-refractivity contribution in [3.05, 3.63) is 36.5 Å². The van der Waals surface area contributed by atoms with Crippen molar-refractivity contribution in [3.8, 4) is 10.7 Å². The van der Waals surface area contributed by atoms with E-state index in [2.05, 4.69) is 20.3 Å². The first-order valence-electron chi connectivity index (χ1n) is 5.32. The van der Waals surface area contributed by atoms with E-state index in [0.29, 0.717) is 5.52 Å². The summed E-state index contributed by atoms with van der Waals surface area (Å²) in [4.78, 5) is 12.3. The molecule has 0 aliphatic heterocycles. The number of hydrogen-bond donors (Lipinski definition) is 1. The van der Waals surface area contributed by atoms with Crippen LogP contribution < -0.4 is 5.32 Å². The molecule has 0 radical (unpaired) electrons. The van der Waals surface area contributed by atoms with Crippen LogP contribution in [-0.4, -0.2) is 22.0 Å². The van der Waals surface area contributed by atoms with E-state index < -0.39 is 5.95 Å². The molecule has 0 saturated carbocycles. The number of pyridine rings is 2. The Morgan fingerprint density at radius 3 is 2.83 bits per heavy atom. The summed E-state index contributed by atoms with van der Waals surface area (Å²) in [5.74, 6) is -0.490. The van der Waals surface area contributed by atoms with Gasteiger partial charge in [-0.25, -0.2) is 9.97 Å². The Hall–Kier alpha value is -2.08. The maximum atomic E-state index is 13.0. The van der Waals surface area contributed by atoms with Crippen LogP contribution in [-0.2, 0) is 0 Å². The number of nitrogens with zero attached hydrogens (tertiary/aromatic N) is 3. The van der Waals surface area contributed by atoms with E-state index in [9.17, 15) is 4.39 Å². The molecule has 0 aliphatic carbocycles. The number of nitrogens with one attached hydrogen (secondary N) is 1. The Morgan fingerprint density at radius 1 is 1.22 bits per heavy atom. The summed E-state index contributed by atoms with van der Waals surface area (Å²) >= 11 is 1.40. The van der Waals surface area contributed by atoms with Crippen molar-refractivity contribution in [1.29, 1.82) is 0 Å². The van der Waals surface area contributed by atoms with E-state index in [1.807, 2.05) is 19.2 Å². The molecule has 3 aromatic heterocycles. The molecule has 0 unspecified atom stereocenters. The first kappa shape index (κ1) is 11.0. The van der Waals surface area contributed by atoms with Crippen molar-refractivity contribution >= 4 is 27.2 Å². The summed E-state index contributed by atoms with van der Waals surface area (Å²) in [6.45, 7) is 0. The molecule has 0 aromatic carbocycles. The normalized spacial score (nSPS) is 10.8. The SMILES string of the molecule is CNc1ccc(-c2nc3cnc(F)cc3s2)nc1. The second-order valence-electron chi connectivity index (χ2n) is 3.68. The van der Waals surface area contributed by atoms with Gasteiger partial charge in [-0.2, -0.15) is 4.39 Å². The number of fused-ring (bicyclic) bond motifs is 1. The highest BCUT2D eigenvalue weighted by atomic mass is 32.1. The van der Waals surface area contributed by atoms with Crippen LogP contribution in [0.2, 0.25) is 0 Å². The van der Waals surface area contributed by atoms with Gasteiger partial charge in [0.1, 0.15) is 10.5 Å². The molecular formula is C12H9FN4S. The first-order valence-corrected chi connectivity index (χ1v) is 6.14. The minimum Gasteiger partial charge on any atom is -0.387 e. The lowest BCUT2D eigenvalue weighted by Gasteiger charge is -1.99. The predicted octanol–water partition coefficient (Wildman–Crippen LogP) is 2.93. The van der Waals surface area contributed by atoms with Gasteiger partial charge < -0.3 is 5.32 Å². The summed E-state index contributed by atoms with van der Waals surface area (Å²) in [5, 5.41) is 3.76. The first-order chi connectivity index (χ1) is 8.76. The second-order valence-corrected chi connectivity index (χ2v) is 4.71. The number of thiazole rings is 1. The van der Waals surface area contributed by atoms with Gasteiger partial charge in [0.2, 0.25) is 5.95 Å². The highest BCUT2D eigenvalue weighted by molar-refractivity contribution is 7.21. The predicted molar refractivity (Wildman–Crippen MR) is 70.2 cm³/mol. The zero-order valence-electron chi connectivity index (χ0n) is 9.51. The average Bonchev–Trinajstić information content (AvgIpc) is 2.81. The molecule has 0 saturated heterocycles. The molecule has 0 bridgehead atoms. The highest BCUT2D eigenvalue weighted by Gasteiger charge is 2.08. The summed E-state index contributed by atoms with van der Waals surface area (Å²) in [5.41, 5.74) is 2.40. The van der Waals surface area contributed by atoms with E-state index in [4.69, 9.17) is 0 Å². The third-order valence-electron chi connectivity index (χ3n) is 2.51. The fraction of sp³-hybridized carbons (Fsp3) is 0.0833. The molecule has 0 atom stereocenters. The zero-order valence-corrected chi connectivity index (χ0v) is 10.3.